The van der Waals surface area contributed by atoms with Gasteiger partial charge in [0.25, 0.3) is 0 Å². The van der Waals surface area contributed by atoms with E-state index in [1.807, 2.05) is 0 Å². The number of nitrogens with one attached hydrogen (secondary N) is 1. The first-order valence-electron chi connectivity index (χ1n) is 8.23. The van der Waals surface area contributed by atoms with E-state index in [1.54, 1.807) is 25.3 Å². The number of anilines is 1. The third kappa shape index (κ3) is 4.21. The molecule has 0 radical (unpaired) electrons. The van der Waals surface area contributed by atoms with Crippen molar-refractivity contribution in [3.05, 3.63) is 35.5 Å². The Bertz CT molecular complexity index is 892. The van der Waals surface area contributed by atoms with Crippen LogP contribution in [0.4, 0.5) is 5.69 Å². The lowest BCUT2D eigenvalue weighted by Gasteiger charge is -2.30. The highest BCUT2D eigenvalue weighted by atomic mass is 32.2. The molecule has 134 valence electrons. The van der Waals surface area contributed by atoms with Crippen LogP contribution in [0.3, 0.4) is 0 Å². The van der Waals surface area contributed by atoms with E-state index < -0.39 is 10.0 Å². The average Bonchev–Trinajstić information content (AvgIpc) is 2.68. The minimum absolute atomic E-state index is 0.0218. The van der Waals surface area contributed by atoms with E-state index in [0.717, 1.165) is 32.1 Å². The normalized spacial score (nSPS) is 14.7. The quantitative estimate of drug-likeness (QED) is 0.797. The van der Waals surface area contributed by atoms with Crippen molar-refractivity contribution >= 4 is 15.7 Å². The number of nitrogens with zero attached hydrogens (tertiary/aromatic N) is 4. The molecule has 1 aromatic rings. The number of hydrogen-bond donors (Lipinski definition) is 1. The minimum atomic E-state index is -3.59. The SMILES string of the molecule is CN(C1CCCCC1)S(=O)(=O)c1ccc(NC(C#N)=C(C#N)C#N)cc1. The fourth-order valence-electron chi connectivity index (χ4n) is 2.94. The van der Waals surface area contributed by atoms with E-state index in [-0.39, 0.29) is 22.2 Å². The maximum Gasteiger partial charge on any atom is 0.243 e. The molecule has 0 bridgehead atoms. The molecule has 1 aromatic carbocycles. The summed E-state index contributed by atoms with van der Waals surface area (Å²) in [6, 6.07) is 11.0. The maximum atomic E-state index is 12.8. The number of allylic oxidation sites excluding steroid dienone is 2. The summed E-state index contributed by atoms with van der Waals surface area (Å²) in [6.45, 7) is 0. The lowest BCUT2D eigenvalue weighted by atomic mass is 9.96. The van der Waals surface area contributed by atoms with Crippen LogP contribution in [0.2, 0.25) is 0 Å². The molecule has 0 saturated heterocycles. The second-order valence-corrected chi connectivity index (χ2v) is 8.05. The van der Waals surface area contributed by atoms with Gasteiger partial charge in [-0.25, -0.2) is 8.42 Å². The van der Waals surface area contributed by atoms with Gasteiger partial charge in [0.1, 0.15) is 23.9 Å². The van der Waals surface area contributed by atoms with Gasteiger partial charge in [0, 0.05) is 18.8 Å². The first-order chi connectivity index (χ1) is 12.4. The number of hydrogen-bond acceptors (Lipinski definition) is 6. The van der Waals surface area contributed by atoms with Crippen molar-refractivity contribution in [2.75, 3.05) is 12.4 Å². The number of rotatable bonds is 5. The third-order valence-electron chi connectivity index (χ3n) is 4.47. The Labute approximate surface area is 153 Å². The monoisotopic (exact) mass is 369 g/mol. The molecule has 1 aliphatic rings. The van der Waals surface area contributed by atoms with Gasteiger partial charge in [0.15, 0.2) is 5.57 Å². The van der Waals surface area contributed by atoms with Crippen LogP contribution in [0.5, 0.6) is 0 Å². The molecular formula is C18H19N5O2S. The summed E-state index contributed by atoms with van der Waals surface area (Å²) in [7, 11) is -1.98. The van der Waals surface area contributed by atoms with Crippen LogP contribution < -0.4 is 5.32 Å². The molecule has 2 rings (SSSR count). The summed E-state index contributed by atoms with van der Waals surface area (Å²) in [5.74, 6) is 0. The molecule has 0 atom stereocenters. The Morgan fingerprint density at radius 1 is 1.04 bits per heavy atom. The van der Waals surface area contributed by atoms with Gasteiger partial charge in [-0.1, -0.05) is 19.3 Å². The summed E-state index contributed by atoms with van der Waals surface area (Å²) in [5.41, 5.74) is -0.0880. The molecule has 0 amide bonds. The summed E-state index contributed by atoms with van der Waals surface area (Å²) in [6.07, 6.45) is 4.97. The Hall–Kier alpha value is -2.86. The Balaban J connectivity index is 2.21. The molecule has 0 spiro atoms. The predicted molar refractivity (Wildman–Crippen MR) is 95.8 cm³/mol. The van der Waals surface area contributed by atoms with Crippen molar-refractivity contribution in [2.24, 2.45) is 0 Å². The van der Waals surface area contributed by atoms with Crippen LogP contribution in [-0.2, 0) is 10.0 Å². The van der Waals surface area contributed by atoms with E-state index in [1.165, 1.54) is 28.6 Å². The zero-order valence-corrected chi connectivity index (χ0v) is 15.3. The molecule has 1 saturated carbocycles. The summed E-state index contributed by atoms with van der Waals surface area (Å²) in [4.78, 5) is 0.166. The van der Waals surface area contributed by atoms with Crippen molar-refractivity contribution < 1.29 is 8.42 Å². The Kier molecular flexibility index (Phi) is 6.36. The van der Waals surface area contributed by atoms with Gasteiger partial charge < -0.3 is 5.32 Å². The lowest BCUT2D eigenvalue weighted by Crippen LogP contribution is -2.38. The highest BCUT2D eigenvalue weighted by Gasteiger charge is 2.28. The summed E-state index contributed by atoms with van der Waals surface area (Å²) >= 11 is 0. The highest BCUT2D eigenvalue weighted by Crippen LogP contribution is 2.27. The fraction of sp³-hybridized carbons (Fsp3) is 0.389. The van der Waals surface area contributed by atoms with Gasteiger partial charge in [-0.3, -0.25) is 0 Å². The molecule has 7 nitrogen and oxygen atoms in total. The molecule has 0 aromatic heterocycles. The van der Waals surface area contributed by atoms with Crippen LogP contribution in [0.25, 0.3) is 0 Å². The molecule has 1 fully saturated rings. The first-order valence-corrected chi connectivity index (χ1v) is 9.67. The second-order valence-electron chi connectivity index (χ2n) is 6.05. The molecule has 0 heterocycles. The molecule has 0 unspecified atom stereocenters. The predicted octanol–water partition coefficient (Wildman–Crippen LogP) is 2.88. The van der Waals surface area contributed by atoms with Gasteiger partial charge in [0.05, 0.1) is 4.90 Å². The number of nitriles is 3. The van der Waals surface area contributed by atoms with Crippen LogP contribution >= 0.6 is 0 Å². The number of benzene rings is 1. The fourth-order valence-corrected chi connectivity index (χ4v) is 4.36. The third-order valence-corrected chi connectivity index (χ3v) is 6.40. The summed E-state index contributed by atoms with van der Waals surface area (Å²) < 4.78 is 27.0. The molecule has 1 aliphatic carbocycles. The molecular weight excluding hydrogens is 350 g/mol. The van der Waals surface area contributed by atoms with Crippen molar-refractivity contribution in [1.29, 1.82) is 15.8 Å². The zero-order valence-electron chi connectivity index (χ0n) is 14.4. The van der Waals surface area contributed by atoms with Gasteiger partial charge in [0.2, 0.25) is 10.0 Å². The van der Waals surface area contributed by atoms with Crippen molar-refractivity contribution in [3.63, 3.8) is 0 Å². The first kappa shape index (κ1) is 19.5. The average molecular weight is 369 g/mol. The van der Waals surface area contributed by atoms with Crippen LogP contribution in [-0.4, -0.2) is 25.8 Å². The van der Waals surface area contributed by atoms with Gasteiger partial charge >= 0.3 is 0 Å². The van der Waals surface area contributed by atoms with Crippen molar-refractivity contribution in [2.45, 2.75) is 43.0 Å². The van der Waals surface area contributed by atoms with E-state index in [9.17, 15) is 8.42 Å². The Morgan fingerprint density at radius 2 is 1.62 bits per heavy atom. The van der Waals surface area contributed by atoms with E-state index >= 15 is 0 Å². The largest absolute Gasteiger partial charge is 0.345 e. The van der Waals surface area contributed by atoms with E-state index in [2.05, 4.69) is 5.32 Å². The molecule has 26 heavy (non-hydrogen) atoms. The molecule has 1 N–H and O–H groups in total. The van der Waals surface area contributed by atoms with E-state index in [0.29, 0.717) is 5.69 Å². The summed E-state index contributed by atoms with van der Waals surface area (Å²) in [5, 5.41) is 29.4. The molecule has 8 heteroatoms. The van der Waals surface area contributed by atoms with Crippen LogP contribution in [0.15, 0.2) is 40.4 Å². The standard InChI is InChI=1S/C18H19N5O2S/c1-23(16-5-3-2-4-6-16)26(24,25)17-9-7-15(8-10-17)22-18(13-21)14(11-19)12-20/h7-10,16,22H,2-6H2,1H3. The smallest absolute Gasteiger partial charge is 0.243 e. The van der Waals surface area contributed by atoms with E-state index in [4.69, 9.17) is 15.8 Å². The lowest BCUT2D eigenvalue weighted by molar-refractivity contribution is 0.286. The zero-order chi connectivity index (χ0) is 19.2. The van der Waals surface area contributed by atoms with Crippen molar-refractivity contribution in [3.8, 4) is 18.2 Å². The topological polar surface area (TPSA) is 121 Å². The minimum Gasteiger partial charge on any atom is -0.345 e. The van der Waals surface area contributed by atoms with Crippen LogP contribution in [0, 0.1) is 34.0 Å². The Morgan fingerprint density at radius 3 is 2.12 bits per heavy atom. The maximum absolute atomic E-state index is 12.8. The second kappa shape index (κ2) is 8.49. The van der Waals surface area contributed by atoms with Crippen molar-refractivity contribution in [1.82, 2.24) is 4.31 Å². The van der Waals surface area contributed by atoms with Gasteiger partial charge in [-0.05, 0) is 37.1 Å². The highest BCUT2D eigenvalue weighted by molar-refractivity contribution is 7.89. The molecule has 0 aliphatic heterocycles. The van der Waals surface area contributed by atoms with Crippen LogP contribution in [0.1, 0.15) is 32.1 Å². The van der Waals surface area contributed by atoms with Gasteiger partial charge in [-0.2, -0.15) is 20.1 Å². The number of sulfonamides is 1. The van der Waals surface area contributed by atoms with Gasteiger partial charge in [-0.15, -0.1) is 0 Å².